The summed E-state index contributed by atoms with van der Waals surface area (Å²) in [5.74, 6) is 1.12. The van der Waals surface area contributed by atoms with Crippen LogP contribution in [0.3, 0.4) is 0 Å². The first kappa shape index (κ1) is 16.1. The Hall–Kier alpha value is -2.34. The number of nitrogens with zero attached hydrogens (tertiary/aromatic N) is 2. The highest BCUT2D eigenvalue weighted by molar-refractivity contribution is 5.92. The van der Waals surface area contributed by atoms with Gasteiger partial charge in [-0.1, -0.05) is 25.0 Å². The van der Waals surface area contributed by atoms with E-state index in [9.17, 15) is 9.90 Å². The van der Waals surface area contributed by atoms with E-state index in [2.05, 4.69) is 4.98 Å². The van der Waals surface area contributed by atoms with E-state index in [-0.39, 0.29) is 17.8 Å². The summed E-state index contributed by atoms with van der Waals surface area (Å²) in [4.78, 5) is 19.0. The fourth-order valence-corrected chi connectivity index (χ4v) is 3.67. The summed E-state index contributed by atoms with van der Waals surface area (Å²) in [7, 11) is 0. The van der Waals surface area contributed by atoms with Crippen molar-refractivity contribution >= 4 is 5.91 Å². The average molecular weight is 342 g/mol. The molecular formula is C19H22N2O4. The summed E-state index contributed by atoms with van der Waals surface area (Å²) in [5.41, 5.74) is 1.24. The van der Waals surface area contributed by atoms with Crippen LogP contribution in [-0.4, -0.2) is 40.6 Å². The molecule has 0 radical (unpaired) electrons. The smallest absolute Gasteiger partial charge is 0.275 e. The summed E-state index contributed by atoms with van der Waals surface area (Å²) < 4.78 is 11.3. The van der Waals surface area contributed by atoms with Gasteiger partial charge in [-0.2, -0.15) is 0 Å². The molecular weight excluding hydrogens is 320 g/mol. The van der Waals surface area contributed by atoms with E-state index in [0.29, 0.717) is 37.2 Å². The average Bonchev–Trinajstić information content (AvgIpc) is 3.32. The largest absolute Gasteiger partial charge is 0.508 e. The van der Waals surface area contributed by atoms with Crippen molar-refractivity contribution in [2.75, 3.05) is 19.7 Å². The number of hydrogen-bond acceptors (Lipinski definition) is 5. The van der Waals surface area contributed by atoms with Gasteiger partial charge in [0.2, 0.25) is 0 Å². The van der Waals surface area contributed by atoms with Crippen molar-refractivity contribution in [1.29, 1.82) is 0 Å². The monoisotopic (exact) mass is 342 g/mol. The summed E-state index contributed by atoms with van der Waals surface area (Å²) in [6, 6.07) is 6.97. The first-order chi connectivity index (χ1) is 12.2. The van der Waals surface area contributed by atoms with E-state index in [4.69, 9.17) is 9.15 Å². The minimum atomic E-state index is -0.244. The van der Waals surface area contributed by atoms with Crippen LogP contribution in [0.15, 0.2) is 34.9 Å². The number of aromatic nitrogens is 1. The van der Waals surface area contributed by atoms with Crippen LogP contribution in [0.5, 0.6) is 5.75 Å². The Labute approximate surface area is 146 Å². The standard InChI is InChI=1S/C19H22N2O4/c22-15-7-3-6-14(10-15)17-11-21(8-9-24-17)19(23)16-12-25-18(20-16)13-4-1-2-5-13/h3,6-7,10,12-13,17,22H,1-2,4-5,8-9,11H2. The van der Waals surface area contributed by atoms with Crippen LogP contribution < -0.4 is 0 Å². The molecule has 1 saturated heterocycles. The Balaban J connectivity index is 1.46. The molecule has 1 aliphatic carbocycles. The van der Waals surface area contributed by atoms with E-state index in [1.165, 1.54) is 19.1 Å². The second kappa shape index (κ2) is 6.88. The summed E-state index contributed by atoms with van der Waals surface area (Å²) in [6.07, 6.45) is 5.81. The summed E-state index contributed by atoms with van der Waals surface area (Å²) in [6.45, 7) is 1.42. The van der Waals surface area contributed by atoms with Gasteiger partial charge >= 0.3 is 0 Å². The van der Waals surface area contributed by atoms with Crippen molar-refractivity contribution in [3.8, 4) is 5.75 Å². The zero-order valence-electron chi connectivity index (χ0n) is 14.1. The Morgan fingerprint density at radius 1 is 1.28 bits per heavy atom. The maximum absolute atomic E-state index is 12.8. The molecule has 0 bridgehead atoms. The van der Waals surface area contributed by atoms with Gasteiger partial charge in [0.25, 0.3) is 5.91 Å². The molecule has 2 heterocycles. The van der Waals surface area contributed by atoms with Gasteiger partial charge < -0.3 is 19.2 Å². The summed E-state index contributed by atoms with van der Waals surface area (Å²) in [5, 5.41) is 9.64. The molecule has 1 atom stereocenters. The number of morpholine rings is 1. The fraction of sp³-hybridized carbons (Fsp3) is 0.474. The Morgan fingerprint density at radius 2 is 2.12 bits per heavy atom. The van der Waals surface area contributed by atoms with Crippen LogP contribution in [0.1, 0.15) is 59.6 Å². The zero-order chi connectivity index (χ0) is 17.2. The molecule has 2 aromatic rings. The number of phenolic OH excluding ortho intramolecular Hbond substituents is 1. The van der Waals surface area contributed by atoms with Crippen LogP contribution in [0, 0.1) is 0 Å². The van der Waals surface area contributed by atoms with Gasteiger partial charge in [-0.25, -0.2) is 4.98 Å². The van der Waals surface area contributed by atoms with Gasteiger partial charge in [-0.3, -0.25) is 4.79 Å². The number of ether oxygens (including phenoxy) is 1. The van der Waals surface area contributed by atoms with Gasteiger partial charge in [-0.15, -0.1) is 0 Å². The maximum Gasteiger partial charge on any atom is 0.275 e. The zero-order valence-corrected chi connectivity index (χ0v) is 14.1. The normalized spacial score (nSPS) is 21.6. The predicted molar refractivity (Wildman–Crippen MR) is 90.4 cm³/mol. The lowest BCUT2D eigenvalue weighted by molar-refractivity contribution is -0.0230. The third kappa shape index (κ3) is 3.39. The SMILES string of the molecule is O=C(c1coc(C2CCCC2)n1)N1CCOC(c2cccc(O)c2)C1. The van der Waals surface area contributed by atoms with Crippen LogP contribution in [0.25, 0.3) is 0 Å². The fourth-order valence-electron chi connectivity index (χ4n) is 3.67. The van der Waals surface area contributed by atoms with E-state index in [1.54, 1.807) is 23.1 Å². The third-order valence-corrected chi connectivity index (χ3v) is 5.04. The van der Waals surface area contributed by atoms with E-state index < -0.39 is 0 Å². The number of hydrogen-bond donors (Lipinski definition) is 1. The molecule has 1 aromatic carbocycles. The van der Waals surface area contributed by atoms with Gasteiger partial charge in [0.15, 0.2) is 11.6 Å². The molecule has 4 rings (SSSR count). The molecule has 132 valence electrons. The molecule has 1 N–H and O–H groups in total. The van der Waals surface area contributed by atoms with Gasteiger partial charge in [0.05, 0.1) is 13.2 Å². The highest BCUT2D eigenvalue weighted by Gasteiger charge is 2.29. The van der Waals surface area contributed by atoms with Crippen LogP contribution in [0.4, 0.5) is 0 Å². The van der Waals surface area contributed by atoms with Crippen molar-refractivity contribution in [3.63, 3.8) is 0 Å². The molecule has 6 nitrogen and oxygen atoms in total. The lowest BCUT2D eigenvalue weighted by atomic mass is 10.1. The molecule has 2 fully saturated rings. The lowest BCUT2D eigenvalue weighted by Gasteiger charge is -2.32. The van der Waals surface area contributed by atoms with Crippen LogP contribution >= 0.6 is 0 Å². The van der Waals surface area contributed by atoms with Crippen LogP contribution in [-0.2, 0) is 4.74 Å². The first-order valence-electron chi connectivity index (χ1n) is 8.86. The number of amides is 1. The minimum absolute atomic E-state index is 0.124. The van der Waals surface area contributed by atoms with Crippen molar-refractivity contribution < 1.29 is 19.1 Å². The number of benzene rings is 1. The molecule has 1 unspecified atom stereocenters. The number of phenols is 1. The number of carbonyl (C=O) groups is 1. The second-order valence-electron chi connectivity index (χ2n) is 6.76. The van der Waals surface area contributed by atoms with E-state index >= 15 is 0 Å². The predicted octanol–water partition coefficient (Wildman–Crippen LogP) is 3.25. The first-order valence-corrected chi connectivity index (χ1v) is 8.86. The van der Waals surface area contributed by atoms with E-state index in [1.807, 2.05) is 6.07 Å². The van der Waals surface area contributed by atoms with Gasteiger partial charge in [-0.05, 0) is 30.5 Å². The molecule has 1 saturated carbocycles. The highest BCUT2D eigenvalue weighted by atomic mass is 16.5. The molecule has 25 heavy (non-hydrogen) atoms. The molecule has 2 aliphatic rings. The topological polar surface area (TPSA) is 75.8 Å². The summed E-state index contributed by atoms with van der Waals surface area (Å²) >= 11 is 0. The van der Waals surface area contributed by atoms with Crippen molar-refractivity contribution in [1.82, 2.24) is 9.88 Å². The Bertz CT molecular complexity index is 751. The van der Waals surface area contributed by atoms with Crippen LogP contribution in [0.2, 0.25) is 0 Å². The maximum atomic E-state index is 12.8. The van der Waals surface area contributed by atoms with Crippen molar-refractivity contribution in [2.45, 2.75) is 37.7 Å². The second-order valence-corrected chi connectivity index (χ2v) is 6.76. The van der Waals surface area contributed by atoms with Gasteiger partial charge in [0, 0.05) is 12.5 Å². The Kier molecular flexibility index (Phi) is 4.44. The molecule has 6 heteroatoms. The van der Waals surface area contributed by atoms with Crippen molar-refractivity contribution in [3.05, 3.63) is 47.7 Å². The minimum Gasteiger partial charge on any atom is -0.508 e. The van der Waals surface area contributed by atoms with Crippen molar-refractivity contribution in [2.24, 2.45) is 0 Å². The molecule has 1 amide bonds. The number of rotatable bonds is 3. The molecule has 0 spiro atoms. The quantitative estimate of drug-likeness (QED) is 0.926. The number of oxazole rings is 1. The Morgan fingerprint density at radius 3 is 2.92 bits per heavy atom. The highest BCUT2D eigenvalue weighted by Crippen LogP contribution is 2.33. The third-order valence-electron chi connectivity index (χ3n) is 5.04. The molecule has 1 aromatic heterocycles. The van der Waals surface area contributed by atoms with E-state index in [0.717, 1.165) is 18.4 Å². The lowest BCUT2D eigenvalue weighted by Crippen LogP contribution is -2.42. The molecule has 1 aliphatic heterocycles. The number of aromatic hydroxyl groups is 1. The number of carbonyl (C=O) groups excluding carboxylic acids is 1. The van der Waals surface area contributed by atoms with Gasteiger partial charge in [0.1, 0.15) is 18.1 Å².